The van der Waals surface area contributed by atoms with Gasteiger partial charge in [-0.05, 0) is 31.2 Å². The van der Waals surface area contributed by atoms with Crippen LogP contribution < -0.4 is 10.1 Å². The van der Waals surface area contributed by atoms with Gasteiger partial charge < -0.3 is 14.6 Å². The molecule has 1 aliphatic rings. The Kier molecular flexibility index (Phi) is 7.66. The Bertz CT molecular complexity index is 764. The molecule has 1 N–H and O–H groups in total. The molecule has 2 heterocycles. The summed E-state index contributed by atoms with van der Waals surface area (Å²) in [5.41, 5.74) is 0.804. The van der Waals surface area contributed by atoms with E-state index in [0.29, 0.717) is 19.1 Å². The summed E-state index contributed by atoms with van der Waals surface area (Å²) in [5.74, 6) is 2.44. The van der Waals surface area contributed by atoms with Gasteiger partial charge in [-0.1, -0.05) is 13.8 Å². The van der Waals surface area contributed by atoms with Gasteiger partial charge in [0.05, 0.1) is 13.2 Å². The summed E-state index contributed by atoms with van der Waals surface area (Å²) >= 11 is 0. The van der Waals surface area contributed by atoms with Crippen molar-refractivity contribution in [1.29, 1.82) is 0 Å². The molecule has 29 heavy (non-hydrogen) atoms. The molecule has 1 saturated heterocycles. The van der Waals surface area contributed by atoms with Gasteiger partial charge in [-0.25, -0.2) is 4.98 Å². The van der Waals surface area contributed by atoms with Gasteiger partial charge >= 0.3 is 0 Å². The Labute approximate surface area is 173 Å². The summed E-state index contributed by atoms with van der Waals surface area (Å²) in [4.78, 5) is 21.5. The first-order valence-electron chi connectivity index (χ1n) is 10.5. The van der Waals surface area contributed by atoms with Crippen molar-refractivity contribution >= 4 is 11.6 Å². The van der Waals surface area contributed by atoms with E-state index in [1.165, 1.54) is 0 Å². The van der Waals surface area contributed by atoms with Crippen molar-refractivity contribution in [2.75, 3.05) is 51.2 Å². The normalized spacial score (nSPS) is 15.6. The lowest BCUT2D eigenvalue weighted by Gasteiger charge is -2.34. The number of carbonyl (C=O) groups is 1. The second-order valence-corrected chi connectivity index (χ2v) is 7.76. The number of benzene rings is 1. The van der Waals surface area contributed by atoms with Gasteiger partial charge in [0.25, 0.3) is 0 Å². The number of nitrogens with one attached hydrogen (secondary N) is 1. The lowest BCUT2D eigenvalue weighted by Crippen LogP contribution is -2.49. The van der Waals surface area contributed by atoms with Crippen molar-refractivity contribution in [3.8, 4) is 5.75 Å². The first kappa shape index (κ1) is 21.3. The molecule has 1 amide bonds. The largest absolute Gasteiger partial charge is 0.494 e. The summed E-state index contributed by atoms with van der Waals surface area (Å²) in [5, 5.41) is 2.97. The maximum Gasteiger partial charge on any atom is 0.238 e. The van der Waals surface area contributed by atoms with Crippen LogP contribution in [0.5, 0.6) is 5.75 Å². The number of ether oxygens (including phenoxy) is 1. The van der Waals surface area contributed by atoms with Crippen LogP contribution >= 0.6 is 0 Å². The highest BCUT2D eigenvalue weighted by Crippen LogP contribution is 2.16. The molecule has 0 spiro atoms. The van der Waals surface area contributed by atoms with Crippen LogP contribution in [0.25, 0.3) is 0 Å². The van der Waals surface area contributed by atoms with Crippen molar-refractivity contribution < 1.29 is 9.53 Å². The molecule has 0 saturated carbocycles. The van der Waals surface area contributed by atoms with E-state index >= 15 is 0 Å². The predicted molar refractivity (Wildman–Crippen MR) is 115 cm³/mol. The van der Waals surface area contributed by atoms with Gasteiger partial charge in [-0.2, -0.15) is 0 Å². The minimum absolute atomic E-state index is 0.0302. The van der Waals surface area contributed by atoms with E-state index in [-0.39, 0.29) is 5.91 Å². The quantitative estimate of drug-likeness (QED) is 0.702. The molecule has 1 fully saturated rings. The fourth-order valence-electron chi connectivity index (χ4n) is 3.64. The maximum absolute atomic E-state index is 12.3. The highest BCUT2D eigenvalue weighted by molar-refractivity contribution is 5.92. The number of nitrogens with zero attached hydrogens (tertiary/aromatic N) is 4. The van der Waals surface area contributed by atoms with Gasteiger partial charge in [0.15, 0.2) is 0 Å². The van der Waals surface area contributed by atoms with E-state index in [2.05, 4.69) is 44.7 Å². The van der Waals surface area contributed by atoms with Crippen LogP contribution in [-0.4, -0.2) is 71.1 Å². The monoisotopic (exact) mass is 399 g/mol. The number of imidazole rings is 1. The molecule has 0 unspecified atom stereocenters. The van der Waals surface area contributed by atoms with E-state index < -0.39 is 0 Å². The first-order chi connectivity index (χ1) is 14.0. The molecule has 7 heteroatoms. The number of rotatable bonds is 9. The van der Waals surface area contributed by atoms with Crippen LogP contribution in [-0.2, 0) is 11.3 Å². The second-order valence-electron chi connectivity index (χ2n) is 7.76. The zero-order valence-corrected chi connectivity index (χ0v) is 17.8. The molecule has 0 radical (unpaired) electrons. The predicted octanol–water partition coefficient (Wildman–Crippen LogP) is 2.66. The summed E-state index contributed by atoms with van der Waals surface area (Å²) in [7, 11) is 0. The standard InChI is InChI=1S/C22H33N5O2/c1-4-29-20-7-5-19(6-8-20)24-21(28)17-26-13-11-25(12-14-26)15-16-27-10-9-23-22(27)18(2)3/h5-10,18H,4,11-17H2,1-3H3,(H,24,28). The number of piperazine rings is 1. The number of aromatic nitrogens is 2. The Morgan fingerprint density at radius 1 is 1.10 bits per heavy atom. The van der Waals surface area contributed by atoms with Crippen LogP contribution in [0.3, 0.4) is 0 Å². The van der Waals surface area contributed by atoms with Crippen LogP contribution in [0.4, 0.5) is 5.69 Å². The van der Waals surface area contributed by atoms with Crippen LogP contribution in [0.2, 0.25) is 0 Å². The Morgan fingerprint density at radius 3 is 2.45 bits per heavy atom. The van der Waals surface area contributed by atoms with Crippen LogP contribution in [0.1, 0.15) is 32.5 Å². The average molecular weight is 400 g/mol. The number of amides is 1. The third kappa shape index (κ3) is 6.30. The Balaban J connectivity index is 1.38. The molecular formula is C22H33N5O2. The van der Waals surface area contributed by atoms with Crippen molar-refractivity contribution in [3.63, 3.8) is 0 Å². The smallest absolute Gasteiger partial charge is 0.238 e. The van der Waals surface area contributed by atoms with E-state index in [9.17, 15) is 4.79 Å². The zero-order valence-electron chi connectivity index (χ0n) is 17.8. The van der Waals surface area contributed by atoms with Gasteiger partial charge in [0.2, 0.25) is 5.91 Å². The second kappa shape index (κ2) is 10.4. The number of anilines is 1. The molecule has 1 aromatic carbocycles. The highest BCUT2D eigenvalue weighted by Gasteiger charge is 2.19. The van der Waals surface area contributed by atoms with Crippen molar-refractivity contribution in [3.05, 3.63) is 42.5 Å². The third-order valence-electron chi connectivity index (χ3n) is 5.20. The van der Waals surface area contributed by atoms with E-state index in [1.807, 2.05) is 37.4 Å². The zero-order chi connectivity index (χ0) is 20.6. The van der Waals surface area contributed by atoms with Crippen LogP contribution in [0, 0.1) is 0 Å². The fraction of sp³-hybridized carbons (Fsp3) is 0.545. The number of carbonyl (C=O) groups excluding carboxylic acids is 1. The molecule has 0 bridgehead atoms. The minimum atomic E-state index is 0.0302. The molecule has 1 aromatic heterocycles. The van der Waals surface area contributed by atoms with Crippen molar-refractivity contribution in [2.45, 2.75) is 33.2 Å². The molecule has 2 aromatic rings. The fourth-order valence-corrected chi connectivity index (χ4v) is 3.64. The molecule has 7 nitrogen and oxygen atoms in total. The van der Waals surface area contributed by atoms with E-state index in [4.69, 9.17) is 4.74 Å². The molecule has 3 rings (SSSR count). The Hall–Kier alpha value is -2.38. The summed E-state index contributed by atoms with van der Waals surface area (Å²) in [6.07, 6.45) is 3.95. The number of hydrogen-bond acceptors (Lipinski definition) is 5. The summed E-state index contributed by atoms with van der Waals surface area (Å²) < 4.78 is 7.68. The third-order valence-corrected chi connectivity index (χ3v) is 5.20. The lowest BCUT2D eigenvalue weighted by molar-refractivity contribution is -0.117. The summed E-state index contributed by atoms with van der Waals surface area (Å²) in [6, 6.07) is 7.51. The van der Waals surface area contributed by atoms with Gasteiger partial charge in [0.1, 0.15) is 11.6 Å². The highest BCUT2D eigenvalue weighted by atomic mass is 16.5. The average Bonchev–Trinajstić information content (AvgIpc) is 3.18. The van der Waals surface area contributed by atoms with Crippen molar-refractivity contribution in [1.82, 2.24) is 19.4 Å². The molecule has 1 aliphatic heterocycles. The van der Waals surface area contributed by atoms with Gasteiger partial charge in [-0.3, -0.25) is 14.6 Å². The molecule has 0 atom stereocenters. The Morgan fingerprint density at radius 2 is 1.79 bits per heavy atom. The van der Waals surface area contributed by atoms with Crippen molar-refractivity contribution in [2.24, 2.45) is 0 Å². The lowest BCUT2D eigenvalue weighted by atomic mass is 10.2. The SMILES string of the molecule is CCOc1ccc(NC(=O)CN2CCN(CCn3ccnc3C(C)C)CC2)cc1. The number of hydrogen-bond donors (Lipinski definition) is 1. The minimum Gasteiger partial charge on any atom is -0.494 e. The summed E-state index contributed by atoms with van der Waals surface area (Å²) in [6.45, 7) is 13.2. The first-order valence-corrected chi connectivity index (χ1v) is 10.5. The topological polar surface area (TPSA) is 62.6 Å². The molecule has 158 valence electrons. The molecule has 0 aliphatic carbocycles. The van der Waals surface area contributed by atoms with E-state index in [0.717, 1.165) is 56.5 Å². The van der Waals surface area contributed by atoms with Gasteiger partial charge in [0, 0.05) is 63.3 Å². The molecular weight excluding hydrogens is 366 g/mol. The van der Waals surface area contributed by atoms with Gasteiger partial charge in [-0.15, -0.1) is 0 Å². The van der Waals surface area contributed by atoms with E-state index in [1.54, 1.807) is 0 Å². The maximum atomic E-state index is 12.3. The van der Waals surface area contributed by atoms with Crippen LogP contribution in [0.15, 0.2) is 36.7 Å².